The van der Waals surface area contributed by atoms with Crippen LogP contribution in [0.3, 0.4) is 0 Å². The molecule has 2 N–H and O–H groups in total. The number of ether oxygens (including phenoxy) is 1. The Kier molecular flexibility index (Phi) is 6.53. The molecule has 0 spiro atoms. The van der Waals surface area contributed by atoms with Gasteiger partial charge in [0.25, 0.3) is 0 Å². The van der Waals surface area contributed by atoms with Crippen molar-refractivity contribution in [2.45, 2.75) is 104 Å². The van der Waals surface area contributed by atoms with Crippen molar-refractivity contribution in [2.75, 3.05) is 7.11 Å². The molecule has 0 radical (unpaired) electrons. The van der Waals surface area contributed by atoms with E-state index in [4.69, 9.17) is 4.74 Å². The molecule has 4 aliphatic carbocycles. The fourth-order valence-corrected chi connectivity index (χ4v) is 8.40. The smallest absolute Gasteiger partial charge is 0.105 e. The maximum atomic E-state index is 11.9. The minimum absolute atomic E-state index is 0.214. The van der Waals surface area contributed by atoms with Gasteiger partial charge in [-0.05, 0) is 79.4 Å². The standard InChI is InChI=1S/C29H48O3/c1-18(2)19(3)8-9-20(4)23-10-11-24-22-16-26(32-7)29(31)17-21(30)12-15-28(29,6)25(22)13-14-27(23,24)5/h8-9,16,18-21,23-26,30-31H,10-15,17H2,1-7H3. The van der Waals surface area contributed by atoms with Gasteiger partial charge >= 0.3 is 0 Å². The molecule has 4 aliphatic rings. The van der Waals surface area contributed by atoms with Crippen molar-refractivity contribution >= 4 is 0 Å². The second-order valence-corrected chi connectivity index (χ2v) is 12.7. The fraction of sp³-hybridized carbons (Fsp3) is 0.862. The lowest BCUT2D eigenvalue weighted by Crippen LogP contribution is -2.65. The molecule has 10 unspecified atom stereocenters. The van der Waals surface area contributed by atoms with E-state index in [0.29, 0.717) is 47.3 Å². The first kappa shape index (κ1) is 24.5. The van der Waals surface area contributed by atoms with E-state index >= 15 is 0 Å². The number of hydrogen-bond acceptors (Lipinski definition) is 3. The lowest BCUT2D eigenvalue weighted by Gasteiger charge is -2.62. The molecule has 10 atom stereocenters. The van der Waals surface area contributed by atoms with Crippen molar-refractivity contribution in [2.24, 2.45) is 46.3 Å². The molecule has 0 amide bonds. The summed E-state index contributed by atoms with van der Waals surface area (Å²) < 4.78 is 5.92. The van der Waals surface area contributed by atoms with Gasteiger partial charge in [0.15, 0.2) is 0 Å². The average molecular weight is 445 g/mol. The molecule has 0 heterocycles. The lowest BCUT2D eigenvalue weighted by atomic mass is 9.45. The second kappa shape index (κ2) is 8.54. The highest BCUT2D eigenvalue weighted by molar-refractivity contribution is 5.33. The molecule has 182 valence electrons. The highest BCUT2D eigenvalue weighted by Crippen LogP contribution is 2.67. The van der Waals surface area contributed by atoms with Crippen LogP contribution < -0.4 is 0 Å². The van der Waals surface area contributed by atoms with Crippen molar-refractivity contribution in [3.05, 3.63) is 23.8 Å². The highest BCUT2D eigenvalue weighted by Gasteiger charge is 2.65. The van der Waals surface area contributed by atoms with Gasteiger partial charge in [0.1, 0.15) is 11.7 Å². The van der Waals surface area contributed by atoms with Crippen molar-refractivity contribution in [3.8, 4) is 0 Å². The van der Waals surface area contributed by atoms with Crippen LogP contribution in [0, 0.1) is 46.3 Å². The molecule has 3 heteroatoms. The Morgan fingerprint density at radius 2 is 1.72 bits per heavy atom. The van der Waals surface area contributed by atoms with E-state index in [2.05, 4.69) is 59.8 Å². The van der Waals surface area contributed by atoms with E-state index in [1.54, 1.807) is 12.7 Å². The van der Waals surface area contributed by atoms with E-state index in [1.807, 2.05) is 0 Å². The summed E-state index contributed by atoms with van der Waals surface area (Å²) in [6.45, 7) is 14.2. The van der Waals surface area contributed by atoms with Crippen molar-refractivity contribution < 1.29 is 14.9 Å². The van der Waals surface area contributed by atoms with Crippen LogP contribution in [0.2, 0.25) is 0 Å². The average Bonchev–Trinajstić information content (AvgIpc) is 3.09. The molecule has 3 fully saturated rings. The zero-order chi connectivity index (χ0) is 23.5. The summed E-state index contributed by atoms with van der Waals surface area (Å²) in [7, 11) is 1.73. The summed E-state index contributed by atoms with van der Waals surface area (Å²) >= 11 is 0. The van der Waals surface area contributed by atoms with E-state index in [1.165, 1.54) is 19.3 Å². The minimum Gasteiger partial charge on any atom is -0.393 e. The Labute approximate surface area is 196 Å². The first-order valence-corrected chi connectivity index (χ1v) is 13.3. The largest absolute Gasteiger partial charge is 0.393 e. The molecule has 0 aliphatic heterocycles. The molecule has 0 bridgehead atoms. The summed E-state index contributed by atoms with van der Waals surface area (Å²) in [5.74, 6) is 3.63. The second-order valence-electron chi connectivity index (χ2n) is 12.7. The number of hydrogen-bond donors (Lipinski definition) is 2. The molecule has 3 nitrogen and oxygen atoms in total. The number of methoxy groups -OCH3 is 1. The quantitative estimate of drug-likeness (QED) is 0.500. The van der Waals surface area contributed by atoms with Gasteiger partial charge in [-0.15, -0.1) is 0 Å². The predicted molar refractivity (Wildman–Crippen MR) is 131 cm³/mol. The number of rotatable bonds is 5. The minimum atomic E-state index is -0.970. The van der Waals surface area contributed by atoms with Crippen molar-refractivity contribution in [3.63, 3.8) is 0 Å². The zero-order valence-electron chi connectivity index (χ0n) is 21.6. The van der Waals surface area contributed by atoms with Crippen LogP contribution in [0.15, 0.2) is 23.8 Å². The maximum absolute atomic E-state index is 11.9. The van der Waals surface area contributed by atoms with Crippen LogP contribution in [-0.4, -0.2) is 35.1 Å². The summed E-state index contributed by atoms with van der Waals surface area (Å²) in [6.07, 6.45) is 13.6. The van der Waals surface area contributed by atoms with Gasteiger partial charge < -0.3 is 14.9 Å². The normalized spacial score (nSPS) is 48.2. The third-order valence-corrected chi connectivity index (χ3v) is 11.0. The highest BCUT2D eigenvalue weighted by atomic mass is 16.5. The molecule has 32 heavy (non-hydrogen) atoms. The summed E-state index contributed by atoms with van der Waals surface area (Å²) in [4.78, 5) is 0. The molecular weight excluding hydrogens is 396 g/mol. The molecule has 0 saturated heterocycles. The van der Waals surface area contributed by atoms with Crippen LogP contribution >= 0.6 is 0 Å². The van der Waals surface area contributed by atoms with E-state index < -0.39 is 11.7 Å². The predicted octanol–water partition coefficient (Wildman–Crippen LogP) is 6.15. The van der Waals surface area contributed by atoms with Crippen LogP contribution in [0.4, 0.5) is 0 Å². The zero-order valence-corrected chi connectivity index (χ0v) is 21.6. The van der Waals surface area contributed by atoms with Crippen LogP contribution in [0.5, 0.6) is 0 Å². The summed E-state index contributed by atoms with van der Waals surface area (Å²) in [5.41, 5.74) is 0.714. The molecular formula is C29H48O3. The molecule has 0 aromatic heterocycles. The molecule has 4 rings (SSSR count). The monoisotopic (exact) mass is 444 g/mol. The molecule has 0 aromatic rings. The van der Waals surface area contributed by atoms with E-state index in [-0.39, 0.29) is 11.5 Å². The Morgan fingerprint density at radius 3 is 2.38 bits per heavy atom. The van der Waals surface area contributed by atoms with Gasteiger partial charge in [0.2, 0.25) is 0 Å². The first-order chi connectivity index (χ1) is 15.0. The fourth-order valence-electron chi connectivity index (χ4n) is 8.40. The van der Waals surface area contributed by atoms with Gasteiger partial charge in [-0.25, -0.2) is 0 Å². The number of fused-ring (bicyclic) bond motifs is 5. The van der Waals surface area contributed by atoms with Crippen molar-refractivity contribution in [1.29, 1.82) is 0 Å². The topological polar surface area (TPSA) is 49.7 Å². The van der Waals surface area contributed by atoms with Crippen LogP contribution in [-0.2, 0) is 4.74 Å². The third kappa shape index (κ3) is 3.57. The lowest BCUT2D eigenvalue weighted by molar-refractivity contribution is -0.216. The Hall–Kier alpha value is -0.640. The third-order valence-electron chi connectivity index (χ3n) is 11.0. The summed E-state index contributed by atoms with van der Waals surface area (Å²) in [6, 6.07) is 0. The van der Waals surface area contributed by atoms with Crippen LogP contribution in [0.25, 0.3) is 0 Å². The molecule has 0 aromatic carbocycles. The number of aliphatic hydroxyl groups is 2. The summed E-state index contributed by atoms with van der Waals surface area (Å²) in [5, 5.41) is 22.3. The number of allylic oxidation sites excluding steroid dienone is 3. The van der Waals surface area contributed by atoms with Gasteiger partial charge in [0.05, 0.1) is 6.10 Å². The van der Waals surface area contributed by atoms with Gasteiger partial charge in [-0.2, -0.15) is 0 Å². The van der Waals surface area contributed by atoms with Crippen molar-refractivity contribution in [1.82, 2.24) is 0 Å². The Bertz CT molecular complexity index is 756. The van der Waals surface area contributed by atoms with E-state index in [9.17, 15) is 10.2 Å². The Balaban J connectivity index is 1.64. The van der Waals surface area contributed by atoms with Gasteiger partial charge in [-0.1, -0.05) is 65.3 Å². The molecule has 3 saturated carbocycles. The van der Waals surface area contributed by atoms with E-state index in [0.717, 1.165) is 19.3 Å². The van der Waals surface area contributed by atoms with Crippen LogP contribution in [0.1, 0.15) is 86.5 Å². The Morgan fingerprint density at radius 1 is 1.00 bits per heavy atom. The van der Waals surface area contributed by atoms with Gasteiger partial charge in [0, 0.05) is 18.9 Å². The maximum Gasteiger partial charge on any atom is 0.105 e. The van der Waals surface area contributed by atoms with Gasteiger partial charge in [-0.3, -0.25) is 0 Å². The SMILES string of the molecule is COC1C=C2C3CCC(C(C)C=CC(C)C(C)C)C3(C)CCC2C2(C)CCC(O)CC12O. The number of aliphatic hydroxyl groups excluding tert-OH is 1. The first-order valence-electron chi connectivity index (χ1n) is 13.3.